The maximum atomic E-state index is 11.4. The quantitative estimate of drug-likeness (QED) is 0.677. The summed E-state index contributed by atoms with van der Waals surface area (Å²) < 4.78 is 13.2. The Kier molecular flexibility index (Phi) is 2.64. The van der Waals surface area contributed by atoms with Gasteiger partial charge in [-0.05, 0) is 61.9 Å². The molecule has 4 heteroatoms. The van der Waals surface area contributed by atoms with Crippen LogP contribution in [0.4, 0.5) is 0 Å². The van der Waals surface area contributed by atoms with E-state index in [1.807, 2.05) is 0 Å². The number of rotatable bonds is 0. The topological polar surface area (TPSA) is 41.9 Å². The Bertz CT molecular complexity index is 710. The summed E-state index contributed by atoms with van der Waals surface area (Å²) in [5.74, 6) is 1.84. The van der Waals surface area contributed by atoms with E-state index in [-0.39, 0.29) is 40.9 Å². The Balaban J connectivity index is 1.45. The first-order valence-corrected chi connectivity index (χ1v) is 10.9. The van der Waals surface area contributed by atoms with Crippen molar-refractivity contribution in [3.05, 3.63) is 12.2 Å². The second-order valence-corrected chi connectivity index (χ2v) is 10.8. The molecule has 0 aromatic carbocycles. The molecule has 0 amide bonds. The van der Waals surface area contributed by atoms with Crippen LogP contribution < -0.4 is 0 Å². The molecule has 4 heterocycles. The molecule has 0 aromatic heterocycles. The number of aliphatic hydroxyl groups is 1. The second-order valence-electron chi connectivity index (χ2n) is 10.8. The van der Waals surface area contributed by atoms with Gasteiger partial charge in [0.05, 0.1) is 18.8 Å². The van der Waals surface area contributed by atoms with Gasteiger partial charge in [0, 0.05) is 22.8 Å². The van der Waals surface area contributed by atoms with Crippen molar-refractivity contribution in [3.63, 3.8) is 0 Å². The fourth-order valence-electron chi connectivity index (χ4n) is 9.72. The number of ether oxygens (including phenoxy) is 2. The second kappa shape index (κ2) is 4.42. The molecule has 9 fully saturated rings. The molecule has 1 N–H and O–H groups in total. The Labute approximate surface area is 155 Å². The summed E-state index contributed by atoms with van der Waals surface area (Å²) in [5.41, 5.74) is 1.55. The van der Waals surface area contributed by atoms with E-state index in [9.17, 15) is 5.11 Å². The highest BCUT2D eigenvalue weighted by Crippen LogP contribution is 2.79. The van der Waals surface area contributed by atoms with Crippen LogP contribution >= 0.6 is 0 Å². The first-order valence-electron chi connectivity index (χ1n) is 10.9. The molecular formula is C22H31NO3. The van der Waals surface area contributed by atoms with Gasteiger partial charge in [-0.3, -0.25) is 0 Å². The minimum Gasteiger partial charge on any atom is -0.388 e. The molecule has 0 aromatic rings. The van der Waals surface area contributed by atoms with E-state index in [0.29, 0.717) is 17.8 Å². The van der Waals surface area contributed by atoms with Crippen molar-refractivity contribution in [2.24, 2.45) is 34.0 Å². The Morgan fingerprint density at radius 3 is 2.88 bits per heavy atom. The first-order chi connectivity index (χ1) is 12.5. The predicted molar refractivity (Wildman–Crippen MR) is 96.0 cm³/mol. The lowest BCUT2D eigenvalue weighted by Gasteiger charge is -2.80. The van der Waals surface area contributed by atoms with Crippen molar-refractivity contribution >= 4 is 0 Å². The summed E-state index contributed by atoms with van der Waals surface area (Å²) in [6, 6.07) is 0. The molecule has 6 unspecified atom stereocenters. The standard InChI is InChI=1S/C22H31NO3/c1-12-13-4-7-22(17(12)24)15(10-13)21-6-3-5-20(2)14(21)11-16(22)26-19(21)23-8-9-25-18(20)23/h13-19,24H,1,3-11H2,2H3/t13?,14-,15?,16+,17?,18?,19?,20-,21?,22-/m1/s1. The molecule has 4 nitrogen and oxygen atoms in total. The van der Waals surface area contributed by atoms with E-state index in [4.69, 9.17) is 9.47 Å². The summed E-state index contributed by atoms with van der Waals surface area (Å²) >= 11 is 0. The van der Waals surface area contributed by atoms with E-state index in [0.717, 1.165) is 31.6 Å². The molecule has 142 valence electrons. The van der Waals surface area contributed by atoms with Crippen LogP contribution in [-0.4, -0.2) is 47.8 Å². The van der Waals surface area contributed by atoms with Crippen LogP contribution in [0, 0.1) is 34.0 Å². The average Bonchev–Trinajstić information content (AvgIpc) is 3.14. The van der Waals surface area contributed by atoms with Gasteiger partial charge in [0.15, 0.2) is 0 Å². The van der Waals surface area contributed by atoms with Gasteiger partial charge < -0.3 is 14.6 Å². The zero-order valence-corrected chi connectivity index (χ0v) is 15.8. The highest BCUT2D eigenvalue weighted by molar-refractivity contribution is 5.32. The number of nitrogens with zero attached hydrogens (tertiary/aromatic N) is 1. The van der Waals surface area contributed by atoms with Gasteiger partial charge in [0.1, 0.15) is 12.5 Å². The number of piperidine rings is 1. The highest BCUT2D eigenvalue weighted by Gasteiger charge is 2.80. The molecule has 5 aliphatic carbocycles. The van der Waals surface area contributed by atoms with Crippen LogP contribution in [0.3, 0.4) is 0 Å². The van der Waals surface area contributed by atoms with Crippen LogP contribution in [0.5, 0.6) is 0 Å². The van der Waals surface area contributed by atoms with Crippen molar-refractivity contribution in [2.45, 2.75) is 76.5 Å². The van der Waals surface area contributed by atoms with Crippen LogP contribution in [0.1, 0.15) is 51.9 Å². The van der Waals surface area contributed by atoms with Crippen molar-refractivity contribution in [1.29, 1.82) is 0 Å². The molecule has 9 rings (SSSR count). The lowest BCUT2D eigenvalue weighted by Crippen LogP contribution is -2.83. The summed E-state index contributed by atoms with van der Waals surface area (Å²) in [4.78, 5) is 2.60. The fraction of sp³-hybridized carbons (Fsp3) is 0.909. The third-order valence-corrected chi connectivity index (χ3v) is 10.5. The molecule has 5 saturated carbocycles. The molecular weight excluding hydrogens is 326 g/mol. The normalized spacial score (nSPS) is 65.2. The summed E-state index contributed by atoms with van der Waals surface area (Å²) in [7, 11) is 0. The van der Waals surface area contributed by atoms with E-state index >= 15 is 0 Å². The summed E-state index contributed by atoms with van der Waals surface area (Å²) in [6.45, 7) is 8.71. The third kappa shape index (κ3) is 1.32. The minimum atomic E-state index is -0.345. The average molecular weight is 357 g/mol. The van der Waals surface area contributed by atoms with Gasteiger partial charge in [-0.15, -0.1) is 0 Å². The smallest absolute Gasteiger partial charge is 0.119 e. The highest BCUT2D eigenvalue weighted by atomic mass is 16.6. The van der Waals surface area contributed by atoms with Crippen LogP contribution in [-0.2, 0) is 9.47 Å². The first kappa shape index (κ1) is 15.5. The zero-order valence-electron chi connectivity index (χ0n) is 15.8. The van der Waals surface area contributed by atoms with Crippen LogP contribution in [0.25, 0.3) is 0 Å². The van der Waals surface area contributed by atoms with E-state index in [2.05, 4.69) is 18.4 Å². The fourth-order valence-corrected chi connectivity index (χ4v) is 9.72. The minimum absolute atomic E-state index is 0.0511. The molecule has 4 aliphatic heterocycles. The van der Waals surface area contributed by atoms with E-state index in [1.165, 1.54) is 32.1 Å². The lowest BCUT2D eigenvalue weighted by molar-refractivity contribution is -0.422. The number of fused-ring (bicyclic) bond motifs is 4. The van der Waals surface area contributed by atoms with Crippen molar-refractivity contribution in [1.82, 2.24) is 4.90 Å². The molecule has 0 radical (unpaired) electrons. The summed E-state index contributed by atoms with van der Waals surface area (Å²) in [5, 5.41) is 11.4. The van der Waals surface area contributed by atoms with Crippen molar-refractivity contribution < 1.29 is 14.6 Å². The van der Waals surface area contributed by atoms with Crippen molar-refractivity contribution in [2.75, 3.05) is 13.2 Å². The molecule has 4 saturated heterocycles. The number of aliphatic hydroxyl groups excluding tert-OH is 1. The largest absolute Gasteiger partial charge is 0.388 e. The van der Waals surface area contributed by atoms with Gasteiger partial charge in [-0.2, -0.15) is 0 Å². The Hall–Kier alpha value is -0.420. The van der Waals surface area contributed by atoms with E-state index in [1.54, 1.807) is 0 Å². The molecule has 26 heavy (non-hydrogen) atoms. The zero-order chi connectivity index (χ0) is 17.5. The van der Waals surface area contributed by atoms with Gasteiger partial charge in [-0.25, -0.2) is 4.90 Å². The Morgan fingerprint density at radius 2 is 2.00 bits per heavy atom. The number of hydrogen-bond acceptors (Lipinski definition) is 4. The van der Waals surface area contributed by atoms with Crippen LogP contribution in [0.2, 0.25) is 0 Å². The maximum absolute atomic E-state index is 11.4. The number of hydrogen-bond donors (Lipinski definition) is 1. The molecule has 9 aliphatic rings. The van der Waals surface area contributed by atoms with Gasteiger partial charge in [0.25, 0.3) is 0 Å². The third-order valence-electron chi connectivity index (χ3n) is 10.5. The van der Waals surface area contributed by atoms with Gasteiger partial charge >= 0.3 is 0 Å². The molecule has 10 atom stereocenters. The predicted octanol–water partition coefficient (Wildman–Crippen LogP) is 2.91. The summed E-state index contributed by atoms with van der Waals surface area (Å²) in [6.07, 6.45) is 8.94. The maximum Gasteiger partial charge on any atom is 0.119 e. The Morgan fingerprint density at radius 1 is 1.12 bits per heavy atom. The molecule has 2 spiro atoms. The van der Waals surface area contributed by atoms with Crippen LogP contribution in [0.15, 0.2) is 12.2 Å². The lowest BCUT2D eigenvalue weighted by atomic mass is 9.32. The van der Waals surface area contributed by atoms with E-state index < -0.39 is 0 Å². The molecule has 7 bridgehead atoms. The van der Waals surface area contributed by atoms with Gasteiger partial charge in [-0.1, -0.05) is 19.9 Å². The monoisotopic (exact) mass is 357 g/mol. The van der Waals surface area contributed by atoms with Gasteiger partial charge in [0.2, 0.25) is 0 Å². The van der Waals surface area contributed by atoms with Crippen molar-refractivity contribution in [3.8, 4) is 0 Å². The SMILES string of the molecule is C=C1C2CC[C@@]3(C1O)C(C2)C12CCC[C@@]4(C)C5OCCN5C1O[C@H]3C[C@@H]24.